The zero-order valence-corrected chi connectivity index (χ0v) is 13.7. The molecule has 7 heteroatoms. The van der Waals surface area contributed by atoms with Gasteiger partial charge in [-0.1, -0.05) is 6.92 Å². The van der Waals surface area contributed by atoms with E-state index in [0.717, 1.165) is 23.5 Å². The summed E-state index contributed by atoms with van der Waals surface area (Å²) in [6.45, 7) is 5.33. The SMILES string of the molecule is CCCNCc1sccc1S(=O)(=O)Nc1ccnc(C)c1. The lowest BCUT2D eigenvalue weighted by Gasteiger charge is -2.09. The molecular formula is C14H19N3O2S2. The number of pyridine rings is 1. The van der Waals surface area contributed by atoms with Crippen LogP contribution in [-0.2, 0) is 16.6 Å². The van der Waals surface area contributed by atoms with Crippen molar-refractivity contribution in [3.63, 3.8) is 0 Å². The summed E-state index contributed by atoms with van der Waals surface area (Å²) in [6, 6.07) is 4.99. The number of thiophene rings is 1. The van der Waals surface area contributed by atoms with Crippen LogP contribution in [-0.4, -0.2) is 19.9 Å². The number of sulfonamides is 1. The van der Waals surface area contributed by atoms with E-state index in [1.807, 2.05) is 6.92 Å². The van der Waals surface area contributed by atoms with E-state index in [1.54, 1.807) is 29.8 Å². The van der Waals surface area contributed by atoms with Gasteiger partial charge in [-0.2, -0.15) is 0 Å². The van der Waals surface area contributed by atoms with Gasteiger partial charge in [0, 0.05) is 23.3 Å². The van der Waals surface area contributed by atoms with Crippen molar-refractivity contribution in [1.29, 1.82) is 0 Å². The Morgan fingerprint density at radius 1 is 1.33 bits per heavy atom. The van der Waals surface area contributed by atoms with Crippen molar-refractivity contribution in [1.82, 2.24) is 10.3 Å². The number of aromatic nitrogens is 1. The van der Waals surface area contributed by atoms with E-state index in [2.05, 4.69) is 21.9 Å². The first kappa shape index (κ1) is 15.9. The van der Waals surface area contributed by atoms with E-state index in [-0.39, 0.29) is 0 Å². The number of hydrogen-bond donors (Lipinski definition) is 2. The molecule has 0 aliphatic carbocycles. The maximum atomic E-state index is 12.5. The first-order valence-corrected chi connectivity index (χ1v) is 9.12. The minimum atomic E-state index is -3.56. The highest BCUT2D eigenvalue weighted by molar-refractivity contribution is 7.93. The predicted molar refractivity (Wildman–Crippen MR) is 86.1 cm³/mol. The fourth-order valence-corrected chi connectivity index (χ4v) is 4.36. The second-order valence-corrected chi connectivity index (χ2v) is 7.33. The largest absolute Gasteiger partial charge is 0.312 e. The first-order valence-electron chi connectivity index (χ1n) is 6.75. The van der Waals surface area contributed by atoms with Gasteiger partial charge in [0.2, 0.25) is 0 Å². The van der Waals surface area contributed by atoms with E-state index in [0.29, 0.717) is 17.1 Å². The quantitative estimate of drug-likeness (QED) is 0.768. The molecule has 0 spiro atoms. The van der Waals surface area contributed by atoms with Crippen LogP contribution in [0, 0.1) is 6.92 Å². The van der Waals surface area contributed by atoms with E-state index >= 15 is 0 Å². The minimum Gasteiger partial charge on any atom is -0.312 e. The van der Waals surface area contributed by atoms with Gasteiger partial charge in [0.1, 0.15) is 4.90 Å². The Morgan fingerprint density at radius 2 is 2.14 bits per heavy atom. The Morgan fingerprint density at radius 3 is 2.86 bits per heavy atom. The minimum absolute atomic E-state index is 0.338. The van der Waals surface area contributed by atoms with E-state index < -0.39 is 10.0 Å². The first-order chi connectivity index (χ1) is 10.0. The molecule has 0 amide bonds. The summed E-state index contributed by atoms with van der Waals surface area (Å²) in [5.41, 5.74) is 1.30. The van der Waals surface area contributed by atoms with Gasteiger partial charge >= 0.3 is 0 Å². The number of nitrogens with zero attached hydrogens (tertiary/aromatic N) is 1. The Kier molecular flexibility index (Phi) is 5.33. The van der Waals surface area contributed by atoms with Crippen molar-refractivity contribution >= 4 is 27.0 Å². The van der Waals surface area contributed by atoms with E-state index in [1.165, 1.54) is 11.3 Å². The van der Waals surface area contributed by atoms with Crippen molar-refractivity contribution in [2.24, 2.45) is 0 Å². The standard InChI is InChI=1S/C14H19N3O2S2/c1-3-6-15-10-13-14(5-8-20-13)21(18,19)17-12-4-7-16-11(2)9-12/h4-5,7-9,15H,3,6,10H2,1-2H3,(H,16,17). The van der Waals surface area contributed by atoms with Crippen LogP contribution in [0.1, 0.15) is 23.9 Å². The van der Waals surface area contributed by atoms with Crippen molar-refractivity contribution in [3.05, 3.63) is 40.3 Å². The van der Waals surface area contributed by atoms with E-state index in [4.69, 9.17) is 0 Å². The van der Waals surface area contributed by atoms with Gasteiger partial charge in [-0.05, 0) is 43.5 Å². The molecule has 0 atom stereocenters. The third-order valence-electron chi connectivity index (χ3n) is 2.86. The summed E-state index contributed by atoms with van der Waals surface area (Å²) < 4.78 is 27.6. The highest BCUT2D eigenvalue weighted by Crippen LogP contribution is 2.24. The van der Waals surface area contributed by atoms with Crippen LogP contribution < -0.4 is 10.0 Å². The van der Waals surface area contributed by atoms with Gasteiger partial charge in [-0.15, -0.1) is 11.3 Å². The molecule has 2 aromatic rings. The second-order valence-electron chi connectivity index (χ2n) is 4.68. The van der Waals surface area contributed by atoms with Gasteiger partial charge in [0.05, 0.1) is 5.69 Å². The third kappa shape index (κ3) is 4.26. The van der Waals surface area contributed by atoms with Crippen molar-refractivity contribution in [3.8, 4) is 0 Å². The van der Waals surface area contributed by atoms with Gasteiger partial charge in [-0.3, -0.25) is 9.71 Å². The van der Waals surface area contributed by atoms with Crippen molar-refractivity contribution in [2.75, 3.05) is 11.3 Å². The highest BCUT2D eigenvalue weighted by Gasteiger charge is 2.19. The molecule has 0 aliphatic rings. The number of hydrogen-bond acceptors (Lipinski definition) is 5. The molecule has 0 bridgehead atoms. The lowest BCUT2D eigenvalue weighted by atomic mass is 10.3. The molecule has 0 aliphatic heterocycles. The molecule has 2 rings (SSSR count). The monoisotopic (exact) mass is 325 g/mol. The molecule has 5 nitrogen and oxygen atoms in total. The van der Waals surface area contributed by atoms with Crippen LogP contribution >= 0.6 is 11.3 Å². The summed E-state index contributed by atoms with van der Waals surface area (Å²) in [5, 5.41) is 5.03. The molecule has 114 valence electrons. The number of aryl methyl sites for hydroxylation is 1. The molecular weight excluding hydrogens is 306 g/mol. The van der Waals surface area contributed by atoms with Gasteiger partial charge in [0.15, 0.2) is 0 Å². The molecule has 2 aromatic heterocycles. The van der Waals surface area contributed by atoms with Crippen LogP contribution in [0.15, 0.2) is 34.7 Å². The molecule has 0 saturated heterocycles. The summed E-state index contributed by atoms with van der Waals surface area (Å²) in [7, 11) is -3.56. The third-order valence-corrected chi connectivity index (χ3v) is 5.37. The molecule has 2 heterocycles. The number of nitrogens with one attached hydrogen (secondary N) is 2. The van der Waals surface area contributed by atoms with Crippen LogP contribution in [0.3, 0.4) is 0 Å². The van der Waals surface area contributed by atoms with Crippen molar-refractivity contribution < 1.29 is 8.42 Å². The number of rotatable bonds is 7. The van der Waals surface area contributed by atoms with Crippen molar-refractivity contribution in [2.45, 2.75) is 31.7 Å². The normalized spacial score (nSPS) is 11.5. The van der Waals surface area contributed by atoms with E-state index in [9.17, 15) is 8.42 Å². The molecule has 0 unspecified atom stereocenters. The van der Waals surface area contributed by atoms with Crippen LogP contribution in [0.2, 0.25) is 0 Å². The summed E-state index contributed by atoms with van der Waals surface area (Å²) in [6.07, 6.45) is 2.60. The topological polar surface area (TPSA) is 71.1 Å². The van der Waals surface area contributed by atoms with Crippen LogP contribution in [0.25, 0.3) is 0 Å². The highest BCUT2D eigenvalue weighted by atomic mass is 32.2. The average Bonchev–Trinajstić information content (AvgIpc) is 2.88. The molecule has 21 heavy (non-hydrogen) atoms. The molecule has 0 saturated carbocycles. The Balaban J connectivity index is 2.18. The maximum Gasteiger partial charge on any atom is 0.263 e. The van der Waals surface area contributed by atoms with Crippen LogP contribution in [0.4, 0.5) is 5.69 Å². The van der Waals surface area contributed by atoms with Gasteiger partial charge in [0.25, 0.3) is 10.0 Å². The fraction of sp³-hybridized carbons (Fsp3) is 0.357. The number of anilines is 1. The molecule has 0 fully saturated rings. The lowest BCUT2D eigenvalue weighted by Crippen LogP contribution is -2.18. The Labute approximate surface area is 129 Å². The molecule has 2 N–H and O–H groups in total. The average molecular weight is 325 g/mol. The zero-order chi connectivity index (χ0) is 15.3. The summed E-state index contributed by atoms with van der Waals surface area (Å²) in [4.78, 5) is 5.22. The zero-order valence-electron chi connectivity index (χ0n) is 12.1. The Bertz CT molecular complexity index is 696. The molecule has 0 radical (unpaired) electrons. The summed E-state index contributed by atoms with van der Waals surface area (Å²) in [5.74, 6) is 0. The predicted octanol–water partition coefficient (Wildman–Crippen LogP) is 2.75. The second kappa shape index (κ2) is 7.02. The summed E-state index contributed by atoms with van der Waals surface area (Å²) >= 11 is 1.45. The van der Waals surface area contributed by atoms with Crippen LogP contribution in [0.5, 0.6) is 0 Å². The lowest BCUT2D eigenvalue weighted by molar-refractivity contribution is 0.599. The van der Waals surface area contributed by atoms with Gasteiger partial charge < -0.3 is 5.32 Å². The van der Waals surface area contributed by atoms with Gasteiger partial charge in [-0.25, -0.2) is 8.42 Å². The molecule has 0 aromatic carbocycles. The fourth-order valence-electron chi connectivity index (χ4n) is 1.90. The smallest absolute Gasteiger partial charge is 0.263 e. The maximum absolute atomic E-state index is 12.5. The Hall–Kier alpha value is -1.44.